The van der Waals surface area contributed by atoms with Crippen molar-refractivity contribution >= 4 is 32.4 Å². The number of carbonyl (C=O) groups excluding carboxylic acids is 1. The number of nitrogens with one attached hydrogen (secondary N) is 1. The number of para-hydroxylation sites is 1. The van der Waals surface area contributed by atoms with Crippen molar-refractivity contribution in [2.75, 3.05) is 18.4 Å². The first-order chi connectivity index (χ1) is 15.3. The van der Waals surface area contributed by atoms with Crippen LogP contribution in [0, 0.1) is 12.8 Å². The summed E-state index contributed by atoms with van der Waals surface area (Å²) in [6, 6.07) is 18.9. The molecule has 0 radical (unpaired) electrons. The van der Waals surface area contributed by atoms with Gasteiger partial charge in [-0.2, -0.15) is 4.31 Å². The van der Waals surface area contributed by atoms with E-state index in [4.69, 9.17) is 0 Å². The third kappa shape index (κ3) is 4.43. The molecule has 1 atom stereocenters. The van der Waals surface area contributed by atoms with Crippen LogP contribution in [0.2, 0.25) is 0 Å². The molecule has 1 saturated heterocycles. The largest absolute Gasteiger partial charge is 0.325 e. The quantitative estimate of drug-likeness (QED) is 0.573. The van der Waals surface area contributed by atoms with Gasteiger partial charge in [0.15, 0.2) is 0 Å². The number of rotatable bonds is 5. The number of carbonyl (C=O) groups is 1. The van der Waals surface area contributed by atoms with E-state index in [-0.39, 0.29) is 29.2 Å². The van der Waals surface area contributed by atoms with Crippen molar-refractivity contribution in [3.05, 3.63) is 71.8 Å². The molecule has 1 N–H and O–H groups in total. The molecule has 0 spiro atoms. The van der Waals surface area contributed by atoms with Crippen LogP contribution in [0.4, 0.5) is 5.69 Å². The topological polar surface area (TPSA) is 66.5 Å². The van der Waals surface area contributed by atoms with E-state index < -0.39 is 10.0 Å². The summed E-state index contributed by atoms with van der Waals surface area (Å²) in [5.74, 6) is -0.209. The van der Waals surface area contributed by atoms with E-state index in [1.807, 2.05) is 55.5 Å². The van der Waals surface area contributed by atoms with Crippen LogP contribution in [-0.4, -0.2) is 31.7 Å². The molecule has 0 saturated carbocycles. The molecule has 32 heavy (non-hydrogen) atoms. The van der Waals surface area contributed by atoms with Crippen LogP contribution < -0.4 is 5.32 Å². The fraction of sp³-hybridized carbons (Fsp3) is 0.346. The van der Waals surface area contributed by atoms with Gasteiger partial charge in [0, 0.05) is 18.8 Å². The minimum atomic E-state index is -3.67. The normalized spacial score (nSPS) is 17.6. The number of hydrogen-bond donors (Lipinski definition) is 1. The molecule has 168 valence electrons. The second-order valence-corrected chi connectivity index (χ2v) is 10.8. The first-order valence-corrected chi connectivity index (χ1v) is 12.6. The lowest BCUT2D eigenvalue weighted by Gasteiger charge is -2.31. The van der Waals surface area contributed by atoms with Gasteiger partial charge in [-0.3, -0.25) is 4.79 Å². The van der Waals surface area contributed by atoms with Gasteiger partial charge in [0.25, 0.3) is 0 Å². The summed E-state index contributed by atoms with van der Waals surface area (Å²) in [4.78, 5) is 13.4. The number of benzene rings is 3. The maximum atomic E-state index is 13.3. The van der Waals surface area contributed by atoms with Crippen LogP contribution in [0.15, 0.2) is 65.6 Å². The fourth-order valence-electron chi connectivity index (χ4n) is 4.42. The van der Waals surface area contributed by atoms with E-state index in [9.17, 15) is 13.2 Å². The number of aryl methyl sites for hydroxylation is 1. The minimum Gasteiger partial charge on any atom is -0.325 e. The van der Waals surface area contributed by atoms with Gasteiger partial charge in [-0.1, -0.05) is 62.4 Å². The summed E-state index contributed by atoms with van der Waals surface area (Å²) >= 11 is 0. The zero-order valence-corrected chi connectivity index (χ0v) is 19.7. The van der Waals surface area contributed by atoms with Crippen molar-refractivity contribution in [1.82, 2.24) is 4.31 Å². The van der Waals surface area contributed by atoms with Crippen LogP contribution in [0.25, 0.3) is 10.8 Å². The van der Waals surface area contributed by atoms with Crippen LogP contribution in [0.1, 0.15) is 43.7 Å². The molecule has 6 heteroatoms. The first-order valence-electron chi connectivity index (χ1n) is 11.2. The monoisotopic (exact) mass is 450 g/mol. The van der Waals surface area contributed by atoms with E-state index in [0.29, 0.717) is 19.4 Å². The molecule has 0 aliphatic carbocycles. The number of piperidine rings is 1. The van der Waals surface area contributed by atoms with Gasteiger partial charge < -0.3 is 5.32 Å². The molecule has 0 unspecified atom stereocenters. The summed E-state index contributed by atoms with van der Waals surface area (Å²) < 4.78 is 28.2. The van der Waals surface area contributed by atoms with Crippen LogP contribution >= 0.6 is 0 Å². The van der Waals surface area contributed by atoms with E-state index in [1.54, 1.807) is 12.1 Å². The summed E-state index contributed by atoms with van der Waals surface area (Å²) in [5, 5.41) is 5.00. The SMILES string of the molecule is Cc1cccc(C(C)C)c1NC(=O)[C@H]1CCCN(S(=O)(=O)c2ccc3ccccc3c2)C1. The molecule has 3 aromatic rings. The fourth-order valence-corrected chi connectivity index (χ4v) is 5.98. The Morgan fingerprint density at radius 3 is 2.53 bits per heavy atom. The minimum absolute atomic E-state index is 0.111. The molecule has 1 aliphatic rings. The number of fused-ring (bicyclic) bond motifs is 1. The molecule has 1 amide bonds. The molecule has 4 rings (SSSR count). The van der Waals surface area contributed by atoms with Gasteiger partial charge in [0.05, 0.1) is 10.8 Å². The molecule has 1 fully saturated rings. The summed E-state index contributed by atoms with van der Waals surface area (Å²) in [6.45, 7) is 6.81. The Morgan fingerprint density at radius 2 is 1.78 bits per heavy atom. The Morgan fingerprint density at radius 1 is 1.03 bits per heavy atom. The highest BCUT2D eigenvalue weighted by Gasteiger charge is 2.33. The molecular weight excluding hydrogens is 420 g/mol. The predicted molar refractivity (Wildman–Crippen MR) is 129 cm³/mol. The maximum Gasteiger partial charge on any atom is 0.243 e. The number of anilines is 1. The lowest BCUT2D eigenvalue weighted by Crippen LogP contribution is -2.43. The predicted octanol–water partition coefficient (Wildman–Crippen LogP) is 5.31. The standard InChI is InChI=1S/C26H30N2O3S/c1-18(2)24-12-6-8-19(3)25(24)27-26(29)22-11-7-15-28(17-22)32(30,31)23-14-13-20-9-4-5-10-21(20)16-23/h4-6,8-10,12-14,16,18,22H,7,11,15,17H2,1-3H3,(H,27,29)/t22-/m0/s1. The van der Waals surface area contributed by atoms with Crippen LogP contribution in [0.3, 0.4) is 0 Å². The van der Waals surface area contributed by atoms with Crippen LogP contribution in [0.5, 0.6) is 0 Å². The zero-order chi connectivity index (χ0) is 22.9. The zero-order valence-electron chi connectivity index (χ0n) is 18.8. The average Bonchev–Trinajstić information content (AvgIpc) is 2.80. The highest BCUT2D eigenvalue weighted by Crippen LogP contribution is 2.30. The Labute approximate surface area is 190 Å². The van der Waals surface area contributed by atoms with E-state index >= 15 is 0 Å². The molecule has 5 nitrogen and oxygen atoms in total. The van der Waals surface area contributed by atoms with E-state index in [1.165, 1.54) is 4.31 Å². The Balaban J connectivity index is 1.54. The first kappa shape index (κ1) is 22.5. The van der Waals surface area contributed by atoms with Crippen molar-refractivity contribution in [3.8, 4) is 0 Å². The molecule has 3 aromatic carbocycles. The van der Waals surface area contributed by atoms with Gasteiger partial charge in [0.2, 0.25) is 15.9 Å². The second kappa shape index (κ2) is 9.04. The van der Waals surface area contributed by atoms with Gasteiger partial charge in [0.1, 0.15) is 0 Å². The van der Waals surface area contributed by atoms with Crippen LogP contribution in [-0.2, 0) is 14.8 Å². The van der Waals surface area contributed by atoms with Gasteiger partial charge in [-0.15, -0.1) is 0 Å². The van der Waals surface area contributed by atoms with Crippen molar-refractivity contribution in [3.63, 3.8) is 0 Å². The van der Waals surface area contributed by atoms with E-state index in [2.05, 4.69) is 19.2 Å². The molecule has 1 aliphatic heterocycles. The molecule has 0 aromatic heterocycles. The summed E-state index contributed by atoms with van der Waals surface area (Å²) in [7, 11) is -3.67. The molecule has 0 bridgehead atoms. The summed E-state index contributed by atoms with van der Waals surface area (Å²) in [5.41, 5.74) is 2.96. The number of amides is 1. The molecular formula is C26H30N2O3S. The Bertz CT molecular complexity index is 1250. The van der Waals surface area contributed by atoms with Crippen molar-refractivity contribution in [2.24, 2.45) is 5.92 Å². The highest BCUT2D eigenvalue weighted by molar-refractivity contribution is 7.89. The number of nitrogens with zero attached hydrogens (tertiary/aromatic N) is 1. The third-order valence-corrected chi connectivity index (χ3v) is 8.15. The smallest absolute Gasteiger partial charge is 0.243 e. The van der Waals surface area contributed by atoms with Crippen molar-refractivity contribution < 1.29 is 13.2 Å². The lowest BCUT2D eigenvalue weighted by atomic mass is 9.95. The third-order valence-electron chi connectivity index (χ3n) is 6.29. The maximum absolute atomic E-state index is 13.3. The van der Waals surface area contributed by atoms with Gasteiger partial charge in [-0.25, -0.2) is 8.42 Å². The summed E-state index contributed by atoms with van der Waals surface area (Å²) in [6.07, 6.45) is 1.34. The van der Waals surface area contributed by atoms with E-state index in [0.717, 1.165) is 27.6 Å². The van der Waals surface area contributed by atoms with Crippen molar-refractivity contribution in [2.45, 2.75) is 44.4 Å². The van der Waals surface area contributed by atoms with Crippen molar-refractivity contribution in [1.29, 1.82) is 0 Å². The van der Waals surface area contributed by atoms with Gasteiger partial charge in [-0.05, 0) is 59.7 Å². The Hall–Kier alpha value is -2.70. The average molecular weight is 451 g/mol. The highest BCUT2D eigenvalue weighted by atomic mass is 32.2. The molecule has 1 heterocycles. The number of sulfonamides is 1. The van der Waals surface area contributed by atoms with Gasteiger partial charge >= 0.3 is 0 Å². The second-order valence-electron chi connectivity index (χ2n) is 8.89. The number of hydrogen-bond acceptors (Lipinski definition) is 3. The Kier molecular flexibility index (Phi) is 6.35. The lowest BCUT2D eigenvalue weighted by molar-refractivity contribution is -0.120.